The first-order valence-corrected chi connectivity index (χ1v) is 2.81. The van der Waals surface area contributed by atoms with E-state index in [2.05, 4.69) is 4.98 Å². The minimum Gasteiger partial charge on any atom is -0.297 e. The minimum atomic E-state index is 0.437. The molecule has 0 fully saturated rings. The van der Waals surface area contributed by atoms with E-state index in [9.17, 15) is 4.79 Å². The van der Waals surface area contributed by atoms with Crippen LogP contribution in [0.2, 0.25) is 0 Å². The molecule has 2 nitrogen and oxygen atoms in total. The van der Waals surface area contributed by atoms with Crippen LogP contribution in [0.4, 0.5) is 0 Å². The number of thiazole rings is 1. The Morgan fingerprint density at radius 1 is 1.88 bits per heavy atom. The maximum absolute atomic E-state index is 9.93. The molecule has 0 aromatic carbocycles. The van der Waals surface area contributed by atoms with Gasteiger partial charge in [-0.1, -0.05) is 0 Å². The van der Waals surface area contributed by atoms with Gasteiger partial charge in [0.05, 0.1) is 4.88 Å². The van der Waals surface area contributed by atoms with Gasteiger partial charge in [-0.05, 0) is 0 Å². The Morgan fingerprint density at radius 3 is 2.88 bits per heavy atom. The van der Waals surface area contributed by atoms with Gasteiger partial charge in [0.25, 0.3) is 0 Å². The van der Waals surface area contributed by atoms with Gasteiger partial charge >= 0.3 is 0 Å². The first kappa shape index (κ1) is 5.50. The molecular formula is C4H2BNOS. The third-order valence-electron chi connectivity index (χ3n) is 0.658. The smallest absolute Gasteiger partial charge is 0.161 e. The number of aromatic nitrogens is 1. The molecule has 4 heteroatoms. The molecule has 0 atom stereocenters. The molecule has 2 radical (unpaired) electrons. The highest BCUT2D eigenvalue weighted by Gasteiger charge is 1.91. The van der Waals surface area contributed by atoms with E-state index in [4.69, 9.17) is 7.85 Å². The van der Waals surface area contributed by atoms with Gasteiger partial charge in [-0.25, -0.2) is 0 Å². The third-order valence-corrected chi connectivity index (χ3v) is 1.41. The highest BCUT2D eigenvalue weighted by Crippen LogP contribution is 1.96. The number of aldehydes is 1. The highest BCUT2D eigenvalue weighted by atomic mass is 32.1. The van der Waals surface area contributed by atoms with Crippen molar-refractivity contribution in [1.29, 1.82) is 0 Å². The molecule has 1 heterocycles. The molecule has 0 saturated heterocycles. The van der Waals surface area contributed by atoms with Crippen molar-refractivity contribution in [2.75, 3.05) is 0 Å². The molecule has 1 rings (SSSR count). The minimum absolute atomic E-state index is 0.437. The first-order valence-electron chi connectivity index (χ1n) is 1.99. The lowest BCUT2D eigenvalue weighted by Crippen LogP contribution is -1.95. The van der Waals surface area contributed by atoms with E-state index < -0.39 is 0 Å². The van der Waals surface area contributed by atoms with Crippen molar-refractivity contribution < 1.29 is 4.79 Å². The maximum Gasteiger partial charge on any atom is 0.161 e. The largest absolute Gasteiger partial charge is 0.297 e. The van der Waals surface area contributed by atoms with Crippen molar-refractivity contribution in [3.63, 3.8) is 0 Å². The van der Waals surface area contributed by atoms with E-state index in [1.165, 1.54) is 17.5 Å². The molecule has 0 aliphatic heterocycles. The Bertz CT molecular complexity index is 198. The lowest BCUT2D eigenvalue weighted by molar-refractivity contribution is 0.112. The predicted molar refractivity (Wildman–Crippen MR) is 32.9 cm³/mol. The van der Waals surface area contributed by atoms with Gasteiger partial charge in [-0.2, -0.15) is 0 Å². The summed E-state index contributed by atoms with van der Waals surface area (Å²) >= 11 is 1.19. The van der Waals surface area contributed by atoms with Gasteiger partial charge in [-0.3, -0.25) is 9.78 Å². The molecular weight excluding hydrogens is 121 g/mol. The van der Waals surface area contributed by atoms with Crippen LogP contribution < -0.4 is 4.91 Å². The van der Waals surface area contributed by atoms with Crippen molar-refractivity contribution in [2.24, 2.45) is 0 Å². The standard InChI is InChI=1S/C4H2BNOS/c5-4-6-1-3(2-7)8-4/h1-2H. The topological polar surface area (TPSA) is 30.0 Å². The summed E-state index contributed by atoms with van der Waals surface area (Å²) in [6, 6.07) is 0. The van der Waals surface area contributed by atoms with Gasteiger partial charge in [0, 0.05) is 11.1 Å². The number of hydrogen-bond acceptors (Lipinski definition) is 3. The van der Waals surface area contributed by atoms with Gasteiger partial charge in [-0.15, -0.1) is 11.3 Å². The van der Waals surface area contributed by atoms with Crippen molar-refractivity contribution in [2.45, 2.75) is 0 Å². The summed E-state index contributed by atoms with van der Waals surface area (Å²) in [6.45, 7) is 0. The molecule has 0 aliphatic rings. The molecule has 1 aromatic heterocycles. The average Bonchev–Trinajstić information content (AvgIpc) is 2.14. The summed E-state index contributed by atoms with van der Waals surface area (Å²) in [4.78, 5) is 14.6. The molecule has 0 spiro atoms. The van der Waals surface area contributed by atoms with Gasteiger partial charge in [0.2, 0.25) is 0 Å². The van der Waals surface area contributed by atoms with Crippen LogP contribution in [0.5, 0.6) is 0 Å². The fourth-order valence-electron chi connectivity index (χ4n) is 0.355. The van der Waals surface area contributed by atoms with E-state index in [1.54, 1.807) is 0 Å². The molecule has 38 valence electrons. The van der Waals surface area contributed by atoms with Gasteiger partial charge in [0.1, 0.15) is 0 Å². The van der Waals surface area contributed by atoms with Crippen LogP contribution in [0, 0.1) is 0 Å². The fraction of sp³-hybridized carbons (Fsp3) is 0. The summed E-state index contributed by atoms with van der Waals surface area (Å²) in [7, 11) is 5.20. The molecule has 8 heavy (non-hydrogen) atoms. The van der Waals surface area contributed by atoms with Crippen LogP contribution in [0.25, 0.3) is 0 Å². The summed E-state index contributed by atoms with van der Waals surface area (Å²) in [5.41, 5.74) is 0. The molecule has 0 unspecified atom stereocenters. The van der Waals surface area contributed by atoms with Crippen molar-refractivity contribution >= 4 is 30.4 Å². The third kappa shape index (κ3) is 0.951. The fourth-order valence-corrected chi connectivity index (χ4v) is 0.856. The summed E-state index contributed by atoms with van der Waals surface area (Å²) in [5, 5.41) is 0. The number of carbonyl (C=O) groups excluding carboxylic acids is 1. The SMILES string of the molecule is [B]c1ncc(C=O)s1. The first-order chi connectivity index (χ1) is 3.83. The zero-order valence-electron chi connectivity index (χ0n) is 4.00. The van der Waals surface area contributed by atoms with Gasteiger partial charge < -0.3 is 0 Å². The van der Waals surface area contributed by atoms with Gasteiger partial charge in [0.15, 0.2) is 14.1 Å². The van der Waals surface area contributed by atoms with E-state index in [0.29, 0.717) is 9.78 Å². The Labute approximate surface area is 52.0 Å². The second-order valence-corrected chi connectivity index (χ2v) is 2.31. The molecule has 0 bridgehead atoms. The zero-order chi connectivity index (χ0) is 5.98. The highest BCUT2D eigenvalue weighted by molar-refractivity contribution is 7.20. The molecule has 0 saturated carbocycles. The van der Waals surface area contributed by atoms with Crippen molar-refractivity contribution in [3.05, 3.63) is 11.1 Å². The maximum atomic E-state index is 9.93. The van der Waals surface area contributed by atoms with Crippen LogP contribution in [0.3, 0.4) is 0 Å². The molecule has 0 N–H and O–H groups in total. The number of hydrogen-bond donors (Lipinski definition) is 0. The lowest BCUT2D eigenvalue weighted by atomic mass is 10.2. The van der Waals surface area contributed by atoms with Crippen molar-refractivity contribution in [1.82, 2.24) is 4.98 Å². The second-order valence-electron chi connectivity index (χ2n) is 1.22. The van der Waals surface area contributed by atoms with Crippen LogP contribution in [-0.4, -0.2) is 19.1 Å². The number of nitrogens with zero attached hydrogens (tertiary/aromatic N) is 1. The number of carbonyl (C=O) groups is 1. The predicted octanol–water partition coefficient (Wildman–Crippen LogP) is -0.251. The Balaban J connectivity index is 3.00. The molecule has 1 aromatic rings. The average molecular weight is 123 g/mol. The lowest BCUT2D eigenvalue weighted by Gasteiger charge is -1.68. The normalized spacial score (nSPS) is 9.00. The molecule has 0 amide bonds. The van der Waals surface area contributed by atoms with E-state index in [1.807, 2.05) is 0 Å². The summed E-state index contributed by atoms with van der Waals surface area (Å²) in [6.07, 6.45) is 2.18. The quantitative estimate of drug-likeness (QED) is 0.380. The zero-order valence-corrected chi connectivity index (χ0v) is 4.81. The van der Waals surface area contributed by atoms with E-state index >= 15 is 0 Å². The van der Waals surface area contributed by atoms with E-state index in [-0.39, 0.29) is 0 Å². The van der Waals surface area contributed by atoms with Crippen LogP contribution in [0.15, 0.2) is 6.20 Å². The van der Waals surface area contributed by atoms with Crippen LogP contribution in [0.1, 0.15) is 9.67 Å². The van der Waals surface area contributed by atoms with Crippen LogP contribution >= 0.6 is 11.3 Å². The monoisotopic (exact) mass is 123 g/mol. The Morgan fingerprint density at radius 2 is 2.62 bits per heavy atom. The van der Waals surface area contributed by atoms with Crippen LogP contribution in [-0.2, 0) is 0 Å². The van der Waals surface area contributed by atoms with Crippen molar-refractivity contribution in [3.8, 4) is 0 Å². The Kier molecular flexibility index (Phi) is 1.44. The number of rotatable bonds is 1. The summed E-state index contributed by atoms with van der Waals surface area (Å²) < 4.78 is 0. The molecule has 0 aliphatic carbocycles. The van der Waals surface area contributed by atoms with E-state index in [0.717, 1.165) is 6.29 Å². The summed E-state index contributed by atoms with van der Waals surface area (Å²) in [5.74, 6) is 0. The Hall–Kier alpha value is -0.635. The second kappa shape index (κ2) is 2.09.